The first-order chi connectivity index (χ1) is 29.1. The molecule has 0 rings (SSSR count). The number of phosphoric ester groups is 1. The number of esters is 2. The van der Waals surface area contributed by atoms with Crippen LogP contribution in [-0.4, -0.2) is 63.5 Å². The van der Waals surface area contributed by atoms with Gasteiger partial charge in [0, 0.05) is 12.8 Å². The van der Waals surface area contributed by atoms with E-state index in [4.69, 9.17) is 19.3 Å². The minimum Gasteiger partial charge on any atom is -0.462 e. The molecule has 0 saturated heterocycles. The largest absolute Gasteiger partial charge is 0.469 e. The van der Waals surface area contributed by atoms with Crippen molar-refractivity contribution in [1.82, 2.24) is 0 Å². The van der Waals surface area contributed by atoms with E-state index < -0.39 is 44.7 Å². The van der Waals surface area contributed by atoms with Gasteiger partial charge in [0.1, 0.15) is 6.61 Å². The molecule has 0 bridgehead atoms. The van der Waals surface area contributed by atoms with Crippen LogP contribution in [0.4, 0.5) is 0 Å². The molecule has 0 aliphatic carbocycles. The van der Waals surface area contributed by atoms with E-state index in [1.807, 2.05) is 42.5 Å². The van der Waals surface area contributed by atoms with E-state index >= 15 is 0 Å². The molecule has 0 spiro atoms. The van der Waals surface area contributed by atoms with Gasteiger partial charge >= 0.3 is 19.8 Å². The van der Waals surface area contributed by atoms with Crippen LogP contribution >= 0.6 is 7.82 Å². The third-order valence-corrected chi connectivity index (χ3v) is 10.4. The SMILES string of the molecule is CC/C=C\C[C@@H](O)/C=C/C=C\C/C=C\C=C\[C@@H](O)/C=C\CCCC(=O)OC[C@H](COP(=O)(O)O)OC(=O)CCCCCCCCCCCCCCCCCCCCCCC. The lowest BCUT2D eigenvalue weighted by atomic mass is 10.0. The zero-order chi connectivity index (χ0) is 44.2. The lowest BCUT2D eigenvalue weighted by Crippen LogP contribution is -2.29. The van der Waals surface area contributed by atoms with Crippen LogP contribution in [0.15, 0.2) is 72.9 Å². The number of hydrogen-bond donors (Lipinski definition) is 4. The number of unbranched alkanes of at least 4 members (excludes halogenated alkanes) is 21. The minimum atomic E-state index is -4.81. The Morgan fingerprint density at radius 1 is 0.550 bits per heavy atom. The lowest BCUT2D eigenvalue weighted by molar-refractivity contribution is -0.161. The van der Waals surface area contributed by atoms with Crippen LogP contribution in [0, 0.1) is 0 Å². The molecule has 0 unspecified atom stereocenters. The van der Waals surface area contributed by atoms with Gasteiger partial charge in [-0.3, -0.25) is 14.1 Å². The number of rotatable bonds is 42. The average Bonchev–Trinajstić information content (AvgIpc) is 3.21. The topological polar surface area (TPSA) is 160 Å². The summed E-state index contributed by atoms with van der Waals surface area (Å²) in [6.45, 7) is 3.36. The molecular formula is C49H85O10P. The highest BCUT2D eigenvalue weighted by molar-refractivity contribution is 7.46. The van der Waals surface area contributed by atoms with Gasteiger partial charge in [0.2, 0.25) is 0 Å². The van der Waals surface area contributed by atoms with Crippen molar-refractivity contribution >= 4 is 19.8 Å². The number of carbonyl (C=O) groups is 2. The predicted molar refractivity (Wildman–Crippen MR) is 246 cm³/mol. The van der Waals surface area contributed by atoms with Crippen molar-refractivity contribution in [2.24, 2.45) is 0 Å². The molecule has 0 aliphatic rings. The number of aliphatic hydroxyl groups is 2. The van der Waals surface area contributed by atoms with E-state index in [1.54, 1.807) is 30.4 Å². The highest BCUT2D eigenvalue weighted by Crippen LogP contribution is 2.36. The maximum Gasteiger partial charge on any atom is 0.469 e. The Hall–Kier alpha value is -2.59. The van der Waals surface area contributed by atoms with Gasteiger partial charge in [0.25, 0.3) is 0 Å². The Labute approximate surface area is 365 Å². The average molecular weight is 865 g/mol. The van der Waals surface area contributed by atoms with Crippen LogP contribution in [0.2, 0.25) is 0 Å². The molecule has 11 heteroatoms. The van der Waals surface area contributed by atoms with E-state index in [-0.39, 0.29) is 19.4 Å². The van der Waals surface area contributed by atoms with Gasteiger partial charge in [-0.15, -0.1) is 0 Å². The fraction of sp³-hybridized carbons (Fsp3) is 0.714. The number of allylic oxidation sites excluding steroid dienone is 8. The van der Waals surface area contributed by atoms with Gasteiger partial charge in [-0.25, -0.2) is 4.57 Å². The normalized spacial score (nSPS) is 14.2. The molecule has 0 aromatic heterocycles. The van der Waals surface area contributed by atoms with Crippen molar-refractivity contribution in [3.05, 3.63) is 72.9 Å². The van der Waals surface area contributed by atoms with E-state index in [0.29, 0.717) is 32.1 Å². The third kappa shape index (κ3) is 44.9. The second-order valence-electron chi connectivity index (χ2n) is 15.8. The van der Waals surface area contributed by atoms with Crippen molar-refractivity contribution in [2.45, 2.75) is 212 Å². The Kier molecular flexibility index (Phi) is 41.2. The third-order valence-electron chi connectivity index (χ3n) is 9.91. The maximum absolute atomic E-state index is 12.5. The minimum absolute atomic E-state index is 0.0794. The van der Waals surface area contributed by atoms with Crippen LogP contribution < -0.4 is 0 Å². The zero-order valence-corrected chi connectivity index (χ0v) is 38.5. The standard InChI is InChI=1S/C49H85O10P/c1-3-5-7-8-9-10-11-12-13-14-15-16-17-18-19-20-21-22-26-29-35-42-49(53)59-47(44-58-60(54,55)56)43-57-48(52)41-36-30-34-40-46(51)39-33-28-25-23-24-27-32-38-45(50)37-31-6-4-2/h6,24-25,27-28,31-34,38-40,45-47,50-51H,3-5,7-23,26,29-30,35-37,41-44H2,1-2H3,(H2,54,55,56)/b27-24-,28-25-,31-6-,38-32+,39-33+,40-34-/t45-,46-,47-/m1/s1. The summed E-state index contributed by atoms with van der Waals surface area (Å²) in [7, 11) is -4.81. The molecule has 0 amide bonds. The van der Waals surface area contributed by atoms with Crippen molar-refractivity contribution in [2.75, 3.05) is 13.2 Å². The smallest absolute Gasteiger partial charge is 0.462 e. The molecule has 4 N–H and O–H groups in total. The fourth-order valence-electron chi connectivity index (χ4n) is 6.41. The first-order valence-electron chi connectivity index (χ1n) is 23.5. The van der Waals surface area contributed by atoms with Crippen molar-refractivity contribution in [1.29, 1.82) is 0 Å². The van der Waals surface area contributed by atoms with Crippen LogP contribution in [0.3, 0.4) is 0 Å². The van der Waals surface area contributed by atoms with E-state index in [9.17, 15) is 24.4 Å². The number of ether oxygens (including phenoxy) is 2. The summed E-state index contributed by atoms with van der Waals surface area (Å²) in [6.07, 6.45) is 49.9. The van der Waals surface area contributed by atoms with E-state index in [1.165, 1.54) is 109 Å². The Balaban J connectivity index is 4.07. The van der Waals surface area contributed by atoms with Crippen molar-refractivity contribution in [3.63, 3.8) is 0 Å². The second kappa shape index (κ2) is 43.1. The van der Waals surface area contributed by atoms with Crippen LogP contribution in [0.5, 0.6) is 0 Å². The zero-order valence-electron chi connectivity index (χ0n) is 37.6. The molecule has 0 radical (unpaired) electrons. The Bertz CT molecular complexity index is 1230. The quantitative estimate of drug-likeness (QED) is 0.0153. The van der Waals surface area contributed by atoms with Crippen LogP contribution in [-0.2, 0) is 28.2 Å². The summed E-state index contributed by atoms with van der Waals surface area (Å²) in [6, 6.07) is 0. The second-order valence-corrected chi connectivity index (χ2v) is 17.0. The summed E-state index contributed by atoms with van der Waals surface area (Å²) in [4.78, 5) is 43.0. The van der Waals surface area contributed by atoms with Gasteiger partial charge in [-0.2, -0.15) is 0 Å². The number of phosphoric acid groups is 1. The summed E-state index contributed by atoms with van der Waals surface area (Å²) < 4.78 is 26.3. The van der Waals surface area contributed by atoms with Crippen LogP contribution in [0.1, 0.15) is 194 Å². The first-order valence-corrected chi connectivity index (χ1v) is 25.0. The summed E-state index contributed by atoms with van der Waals surface area (Å²) in [5.41, 5.74) is 0. The summed E-state index contributed by atoms with van der Waals surface area (Å²) in [5, 5.41) is 19.9. The van der Waals surface area contributed by atoms with Crippen molar-refractivity contribution in [3.8, 4) is 0 Å². The number of carbonyl (C=O) groups excluding carboxylic acids is 2. The molecule has 60 heavy (non-hydrogen) atoms. The highest BCUT2D eigenvalue weighted by atomic mass is 31.2. The summed E-state index contributed by atoms with van der Waals surface area (Å²) in [5.74, 6) is -1.07. The molecule has 3 atom stereocenters. The fourth-order valence-corrected chi connectivity index (χ4v) is 6.77. The number of aliphatic hydroxyl groups excluding tert-OH is 2. The highest BCUT2D eigenvalue weighted by Gasteiger charge is 2.23. The molecule has 0 aromatic carbocycles. The first kappa shape index (κ1) is 57.4. The van der Waals surface area contributed by atoms with Gasteiger partial charge in [-0.05, 0) is 38.5 Å². The maximum atomic E-state index is 12.5. The monoisotopic (exact) mass is 865 g/mol. The Morgan fingerprint density at radius 3 is 1.57 bits per heavy atom. The van der Waals surface area contributed by atoms with Gasteiger partial charge in [0.05, 0.1) is 18.8 Å². The van der Waals surface area contributed by atoms with Gasteiger partial charge < -0.3 is 29.5 Å². The lowest BCUT2D eigenvalue weighted by Gasteiger charge is -2.18. The molecular weight excluding hydrogens is 780 g/mol. The molecule has 0 heterocycles. The van der Waals surface area contributed by atoms with E-state index in [0.717, 1.165) is 25.7 Å². The molecule has 0 fully saturated rings. The summed E-state index contributed by atoms with van der Waals surface area (Å²) >= 11 is 0. The molecule has 0 saturated carbocycles. The number of hydrogen-bond acceptors (Lipinski definition) is 8. The van der Waals surface area contributed by atoms with Gasteiger partial charge in [-0.1, -0.05) is 215 Å². The predicted octanol–water partition coefficient (Wildman–Crippen LogP) is 12.6. The van der Waals surface area contributed by atoms with Gasteiger partial charge in [0.15, 0.2) is 6.10 Å². The molecule has 0 aromatic rings. The molecule has 0 aliphatic heterocycles. The van der Waals surface area contributed by atoms with Crippen LogP contribution in [0.25, 0.3) is 0 Å². The van der Waals surface area contributed by atoms with E-state index in [2.05, 4.69) is 18.4 Å². The van der Waals surface area contributed by atoms with Crippen molar-refractivity contribution < 1.29 is 48.2 Å². The Morgan fingerprint density at radius 2 is 1.05 bits per heavy atom. The molecule has 346 valence electrons. The molecule has 10 nitrogen and oxygen atoms in total.